The predicted molar refractivity (Wildman–Crippen MR) is 148 cm³/mol. The Labute approximate surface area is 217 Å². The number of carbonyl (C=O) groups excluding carboxylic acids is 1. The Morgan fingerprint density at radius 3 is 2.68 bits per heavy atom. The molecule has 0 saturated carbocycles. The second-order valence-electron chi connectivity index (χ2n) is 9.51. The van der Waals surface area contributed by atoms with Gasteiger partial charge in [0.1, 0.15) is 11.3 Å². The number of aromatic amines is 2. The molecule has 184 valence electrons. The van der Waals surface area contributed by atoms with Crippen LogP contribution in [0.1, 0.15) is 25.1 Å². The first-order chi connectivity index (χ1) is 17.9. The molecule has 0 atom stereocenters. The van der Waals surface area contributed by atoms with Gasteiger partial charge in [0.05, 0.1) is 17.6 Å². The molecule has 6 aromatic heterocycles. The van der Waals surface area contributed by atoms with Crippen LogP contribution in [0.15, 0.2) is 61.2 Å². The first kappa shape index (κ1) is 23.1. The molecule has 0 aromatic carbocycles. The molecule has 0 bridgehead atoms. The van der Waals surface area contributed by atoms with Crippen molar-refractivity contribution in [3.8, 4) is 33.0 Å². The monoisotopic (exact) mass is 507 g/mol. The van der Waals surface area contributed by atoms with Crippen LogP contribution < -0.4 is 5.32 Å². The van der Waals surface area contributed by atoms with Crippen molar-refractivity contribution >= 4 is 45.0 Å². The smallest absolute Gasteiger partial charge is 0.224 e. The number of aryl methyl sites for hydroxylation is 1. The van der Waals surface area contributed by atoms with E-state index in [9.17, 15) is 4.79 Å². The molecule has 9 heteroatoms. The Bertz CT molecular complexity index is 1760. The Morgan fingerprint density at radius 2 is 1.86 bits per heavy atom. The van der Waals surface area contributed by atoms with Crippen LogP contribution in [0.4, 0.5) is 5.69 Å². The number of carbonyl (C=O) groups is 1. The molecule has 0 aliphatic carbocycles. The summed E-state index contributed by atoms with van der Waals surface area (Å²) in [4.78, 5) is 31.6. The molecule has 6 heterocycles. The summed E-state index contributed by atoms with van der Waals surface area (Å²) < 4.78 is 0. The highest BCUT2D eigenvalue weighted by atomic mass is 32.1. The third kappa shape index (κ3) is 4.49. The molecule has 0 aliphatic rings. The summed E-state index contributed by atoms with van der Waals surface area (Å²) in [5.74, 6) is 0.261. The van der Waals surface area contributed by atoms with Crippen LogP contribution in [0.2, 0.25) is 0 Å². The number of hydrogen-bond donors (Lipinski definition) is 3. The van der Waals surface area contributed by atoms with E-state index in [4.69, 9.17) is 0 Å². The molecule has 0 spiro atoms. The summed E-state index contributed by atoms with van der Waals surface area (Å²) >= 11 is 1.77. The standard InChI is InChI=1S/C28H25N7OS/c1-15(2)8-25(36)32-19-9-17(12-29-14-19)18-10-22-26(34-35-28(22)31-13-18)23-11-21-20(6-7-30-27(21)33-23)24-5-4-16(3)37-24/h4-7,9-15H,8H2,1-3H3,(H,30,33)(H,32,36)(H,31,34,35). The van der Waals surface area contributed by atoms with Crippen molar-refractivity contribution in [2.75, 3.05) is 5.32 Å². The zero-order valence-corrected chi connectivity index (χ0v) is 21.5. The molecule has 8 nitrogen and oxygen atoms in total. The number of amides is 1. The lowest BCUT2D eigenvalue weighted by Crippen LogP contribution is -2.13. The number of thiophene rings is 1. The largest absolute Gasteiger partial charge is 0.338 e. The van der Waals surface area contributed by atoms with Crippen LogP contribution in [-0.4, -0.2) is 36.0 Å². The van der Waals surface area contributed by atoms with Crippen molar-refractivity contribution in [1.82, 2.24) is 30.1 Å². The average Bonchev–Trinajstić information content (AvgIpc) is 3.60. The number of rotatable bonds is 6. The lowest BCUT2D eigenvalue weighted by atomic mass is 10.1. The molecule has 0 aliphatic heterocycles. The van der Waals surface area contributed by atoms with Gasteiger partial charge in [0, 0.05) is 62.2 Å². The molecule has 3 N–H and O–H groups in total. The van der Waals surface area contributed by atoms with Crippen molar-refractivity contribution in [2.24, 2.45) is 5.92 Å². The Balaban J connectivity index is 1.38. The van der Waals surface area contributed by atoms with Crippen LogP contribution in [0.25, 0.3) is 55.0 Å². The number of aromatic nitrogens is 6. The van der Waals surface area contributed by atoms with E-state index >= 15 is 0 Å². The molecule has 0 radical (unpaired) electrons. The van der Waals surface area contributed by atoms with E-state index in [0.29, 0.717) is 17.8 Å². The lowest BCUT2D eigenvalue weighted by Gasteiger charge is -2.08. The van der Waals surface area contributed by atoms with Crippen LogP contribution in [-0.2, 0) is 4.79 Å². The highest BCUT2D eigenvalue weighted by molar-refractivity contribution is 7.15. The number of nitrogens with zero attached hydrogens (tertiary/aromatic N) is 4. The molecule has 37 heavy (non-hydrogen) atoms. The van der Waals surface area contributed by atoms with Gasteiger partial charge in [-0.05, 0) is 49.2 Å². The van der Waals surface area contributed by atoms with Gasteiger partial charge >= 0.3 is 0 Å². The molecule has 6 aromatic rings. The Morgan fingerprint density at radius 1 is 1.00 bits per heavy atom. The third-order valence-electron chi connectivity index (χ3n) is 6.16. The van der Waals surface area contributed by atoms with Gasteiger partial charge in [-0.3, -0.25) is 14.9 Å². The van der Waals surface area contributed by atoms with E-state index in [1.807, 2.05) is 38.2 Å². The second-order valence-corrected chi connectivity index (χ2v) is 10.8. The van der Waals surface area contributed by atoms with Crippen molar-refractivity contribution in [1.29, 1.82) is 0 Å². The van der Waals surface area contributed by atoms with Gasteiger partial charge in [-0.25, -0.2) is 9.97 Å². The number of fused-ring (bicyclic) bond motifs is 2. The van der Waals surface area contributed by atoms with Crippen molar-refractivity contribution in [2.45, 2.75) is 27.2 Å². The molecule has 1 amide bonds. The van der Waals surface area contributed by atoms with E-state index in [1.54, 1.807) is 29.9 Å². The van der Waals surface area contributed by atoms with Crippen LogP contribution in [0, 0.1) is 12.8 Å². The Kier molecular flexibility index (Phi) is 5.77. The minimum atomic E-state index is -0.0239. The van der Waals surface area contributed by atoms with Crippen molar-refractivity contribution < 1.29 is 4.79 Å². The number of pyridine rings is 3. The highest BCUT2D eigenvalue weighted by Gasteiger charge is 2.16. The maximum Gasteiger partial charge on any atom is 0.224 e. The van der Waals surface area contributed by atoms with E-state index < -0.39 is 0 Å². The summed E-state index contributed by atoms with van der Waals surface area (Å²) in [6.45, 7) is 6.15. The van der Waals surface area contributed by atoms with Crippen LogP contribution >= 0.6 is 11.3 Å². The molecule has 0 unspecified atom stereocenters. The third-order valence-corrected chi connectivity index (χ3v) is 7.19. The molecular weight excluding hydrogens is 482 g/mol. The molecular formula is C28H25N7OS. The van der Waals surface area contributed by atoms with Gasteiger partial charge in [0.25, 0.3) is 0 Å². The fourth-order valence-corrected chi connectivity index (χ4v) is 5.37. The topological polar surface area (TPSA) is 112 Å². The Hall–Kier alpha value is -4.37. The minimum Gasteiger partial charge on any atom is -0.338 e. The minimum absolute atomic E-state index is 0.0239. The zero-order chi connectivity index (χ0) is 25.5. The van der Waals surface area contributed by atoms with Crippen LogP contribution in [0.3, 0.4) is 0 Å². The van der Waals surface area contributed by atoms with Gasteiger partial charge in [-0.1, -0.05) is 13.8 Å². The zero-order valence-electron chi connectivity index (χ0n) is 20.7. The van der Waals surface area contributed by atoms with Gasteiger partial charge in [-0.15, -0.1) is 11.3 Å². The van der Waals surface area contributed by atoms with Gasteiger partial charge in [-0.2, -0.15) is 5.10 Å². The molecule has 0 fully saturated rings. The van der Waals surface area contributed by atoms with E-state index in [2.05, 4.69) is 60.6 Å². The summed E-state index contributed by atoms with van der Waals surface area (Å²) in [6.07, 6.45) is 7.49. The fraction of sp³-hybridized carbons (Fsp3) is 0.179. The SMILES string of the molecule is Cc1ccc(-c2ccnc3[nH]c(-c4n[nH]c5ncc(-c6cncc(NC(=O)CC(C)C)c6)cc45)cc23)s1. The molecule has 6 rings (SSSR count). The summed E-state index contributed by atoms with van der Waals surface area (Å²) in [6, 6.07) is 12.4. The first-order valence-corrected chi connectivity index (χ1v) is 12.9. The summed E-state index contributed by atoms with van der Waals surface area (Å²) in [7, 11) is 0. The number of anilines is 1. The molecule has 0 saturated heterocycles. The van der Waals surface area contributed by atoms with Crippen molar-refractivity contribution in [3.05, 3.63) is 66.1 Å². The second kappa shape index (κ2) is 9.25. The summed E-state index contributed by atoms with van der Waals surface area (Å²) in [5, 5.41) is 12.5. The van der Waals surface area contributed by atoms with Gasteiger partial charge in [0.2, 0.25) is 5.91 Å². The van der Waals surface area contributed by atoms with Crippen molar-refractivity contribution in [3.63, 3.8) is 0 Å². The maximum atomic E-state index is 12.2. The number of H-pyrrole nitrogens is 2. The highest BCUT2D eigenvalue weighted by Crippen LogP contribution is 2.36. The van der Waals surface area contributed by atoms with E-state index in [1.165, 1.54) is 9.75 Å². The fourth-order valence-electron chi connectivity index (χ4n) is 4.46. The quantitative estimate of drug-likeness (QED) is 0.236. The lowest BCUT2D eigenvalue weighted by molar-refractivity contribution is -0.116. The average molecular weight is 508 g/mol. The normalized spacial score (nSPS) is 11.6. The predicted octanol–water partition coefficient (Wildman–Crippen LogP) is 6.58. The van der Waals surface area contributed by atoms with Gasteiger partial charge in [0.15, 0.2) is 5.65 Å². The number of nitrogens with one attached hydrogen (secondary N) is 3. The van der Waals surface area contributed by atoms with E-state index in [-0.39, 0.29) is 11.8 Å². The van der Waals surface area contributed by atoms with E-state index in [0.717, 1.165) is 44.5 Å². The number of hydrogen-bond acceptors (Lipinski definition) is 6. The maximum absolute atomic E-state index is 12.2. The first-order valence-electron chi connectivity index (χ1n) is 12.1. The van der Waals surface area contributed by atoms with Crippen LogP contribution in [0.5, 0.6) is 0 Å². The van der Waals surface area contributed by atoms with Gasteiger partial charge < -0.3 is 10.3 Å². The summed E-state index contributed by atoms with van der Waals surface area (Å²) in [5.41, 5.74) is 6.68.